The number of hydrogen-bond donors (Lipinski definition) is 4. The lowest BCUT2D eigenvalue weighted by Gasteiger charge is -2.35. The van der Waals surface area contributed by atoms with Crippen molar-refractivity contribution >= 4 is 34.2 Å². The molecular weight excluding hydrogens is 735 g/mol. The summed E-state index contributed by atoms with van der Waals surface area (Å²) < 4.78 is 6.45. The summed E-state index contributed by atoms with van der Waals surface area (Å²) in [5.41, 5.74) is 4.34. The van der Waals surface area contributed by atoms with E-state index in [2.05, 4.69) is 53.6 Å². The van der Waals surface area contributed by atoms with Crippen molar-refractivity contribution in [2.45, 2.75) is 77.2 Å². The molecule has 2 heterocycles. The van der Waals surface area contributed by atoms with Crippen LogP contribution in [0.3, 0.4) is 0 Å². The van der Waals surface area contributed by atoms with Crippen molar-refractivity contribution in [3.63, 3.8) is 0 Å². The SMILES string of the molecule is CC(C)N(C[C@H](Cc1ccc(O)cc1)N(C)C)C(=O)N[C@@H](C)c1cccc2c(Oc3cc(C[C@@H](CNC(=O)N[C@@H](C)Cc4ccsc4)N(C)C)ccn3)cccc12. The fourth-order valence-electron chi connectivity index (χ4n) is 6.94. The van der Waals surface area contributed by atoms with Crippen LogP contribution >= 0.6 is 11.3 Å². The van der Waals surface area contributed by atoms with Gasteiger partial charge in [0.25, 0.3) is 0 Å². The van der Waals surface area contributed by atoms with E-state index in [9.17, 15) is 14.7 Å². The Morgan fingerprint density at radius 2 is 1.49 bits per heavy atom. The molecule has 2 aromatic heterocycles. The molecule has 12 heteroatoms. The third-order valence-corrected chi connectivity index (χ3v) is 11.1. The van der Waals surface area contributed by atoms with Crippen LogP contribution in [-0.2, 0) is 19.3 Å². The monoisotopic (exact) mass is 793 g/mol. The number of hydrogen-bond acceptors (Lipinski definition) is 8. The van der Waals surface area contributed by atoms with Gasteiger partial charge in [0.05, 0.1) is 6.04 Å². The topological polar surface area (TPSA) is 122 Å². The lowest BCUT2D eigenvalue weighted by molar-refractivity contribution is 0.151. The number of amides is 4. The largest absolute Gasteiger partial charge is 0.508 e. The van der Waals surface area contributed by atoms with Gasteiger partial charge in [0.1, 0.15) is 11.5 Å². The average molecular weight is 794 g/mol. The molecule has 0 fully saturated rings. The Kier molecular flexibility index (Phi) is 15.3. The van der Waals surface area contributed by atoms with E-state index in [1.54, 1.807) is 29.7 Å². The summed E-state index contributed by atoms with van der Waals surface area (Å²) in [7, 11) is 8.09. The first-order valence-electron chi connectivity index (χ1n) is 19.6. The highest BCUT2D eigenvalue weighted by molar-refractivity contribution is 7.07. The maximum atomic E-state index is 13.9. The van der Waals surface area contributed by atoms with Crippen LogP contribution in [0.2, 0.25) is 0 Å². The Morgan fingerprint density at radius 3 is 2.18 bits per heavy atom. The summed E-state index contributed by atoms with van der Waals surface area (Å²) in [4.78, 5) is 37.3. The Bertz CT molecular complexity index is 2040. The lowest BCUT2D eigenvalue weighted by atomic mass is 9.99. The van der Waals surface area contributed by atoms with Crippen molar-refractivity contribution in [1.29, 1.82) is 0 Å². The van der Waals surface area contributed by atoms with Gasteiger partial charge in [-0.05, 0) is 144 Å². The average Bonchev–Trinajstić information content (AvgIpc) is 3.68. The standard InChI is InChI=1S/C45H59N7O4S/c1-30(2)52(28-37(51(7)8)24-33-15-17-38(53)18-16-33)45(55)49-32(4)39-11-9-13-41-40(39)12-10-14-42(41)56-43-26-34(19-21-46-43)25-36(50(5)6)27-47-44(54)48-31(3)23-35-20-22-57-29-35/h9-22,26,29-32,36-37,53H,23-25,27-28H2,1-8H3,(H,49,55)(H2,47,48,54)/t31-,32-,36-,37-/m0/s1. The summed E-state index contributed by atoms with van der Waals surface area (Å²) in [6, 6.07) is 24.8. The predicted octanol–water partition coefficient (Wildman–Crippen LogP) is 7.85. The van der Waals surface area contributed by atoms with E-state index >= 15 is 0 Å². The van der Waals surface area contributed by atoms with E-state index in [0.717, 1.165) is 40.3 Å². The van der Waals surface area contributed by atoms with E-state index in [0.29, 0.717) is 31.1 Å². The summed E-state index contributed by atoms with van der Waals surface area (Å²) in [6.45, 7) is 9.12. The van der Waals surface area contributed by atoms with Gasteiger partial charge in [-0.1, -0.05) is 42.5 Å². The molecule has 0 saturated heterocycles. The summed E-state index contributed by atoms with van der Waals surface area (Å²) >= 11 is 1.66. The molecule has 4 atom stereocenters. The number of nitrogens with one attached hydrogen (secondary N) is 3. The smallest absolute Gasteiger partial charge is 0.318 e. The van der Waals surface area contributed by atoms with Gasteiger partial charge >= 0.3 is 12.1 Å². The molecule has 0 bridgehead atoms. The normalized spacial score (nSPS) is 13.7. The van der Waals surface area contributed by atoms with Crippen molar-refractivity contribution < 1.29 is 19.4 Å². The van der Waals surface area contributed by atoms with Gasteiger partial charge in [-0.3, -0.25) is 0 Å². The lowest BCUT2D eigenvalue weighted by Crippen LogP contribution is -2.51. The second-order valence-electron chi connectivity index (χ2n) is 15.6. The molecule has 0 aliphatic carbocycles. The molecule has 11 nitrogen and oxygen atoms in total. The first-order chi connectivity index (χ1) is 27.3. The number of urea groups is 2. The molecule has 4 N–H and O–H groups in total. The highest BCUT2D eigenvalue weighted by atomic mass is 32.1. The Hall–Kier alpha value is -5.17. The van der Waals surface area contributed by atoms with Gasteiger partial charge in [-0.25, -0.2) is 14.6 Å². The van der Waals surface area contributed by atoms with E-state index in [-0.39, 0.29) is 48.0 Å². The maximum absolute atomic E-state index is 13.9. The third-order valence-electron chi connectivity index (χ3n) is 10.4. The molecule has 5 rings (SSSR count). The zero-order valence-corrected chi connectivity index (χ0v) is 35.3. The van der Waals surface area contributed by atoms with Crippen molar-refractivity contribution in [3.8, 4) is 17.4 Å². The second kappa shape index (κ2) is 20.3. The number of carbonyl (C=O) groups is 2. The molecular formula is C45H59N7O4S. The summed E-state index contributed by atoms with van der Waals surface area (Å²) in [5.74, 6) is 1.39. The highest BCUT2D eigenvalue weighted by Gasteiger charge is 2.25. The van der Waals surface area contributed by atoms with Gasteiger partial charge in [0.2, 0.25) is 5.88 Å². The number of carbonyl (C=O) groups excluding carboxylic acids is 2. The number of benzene rings is 3. The minimum Gasteiger partial charge on any atom is -0.508 e. The number of phenolic OH excluding ortho intramolecular Hbond substituents is 1. The second-order valence-corrected chi connectivity index (χ2v) is 16.4. The number of likely N-dealkylation sites (N-methyl/N-ethyl adjacent to an activating group) is 2. The molecule has 0 spiro atoms. The number of ether oxygens (including phenoxy) is 1. The third kappa shape index (κ3) is 12.4. The minimum atomic E-state index is -0.281. The van der Waals surface area contributed by atoms with Crippen LogP contribution in [-0.4, -0.2) is 102 Å². The molecule has 57 heavy (non-hydrogen) atoms. The van der Waals surface area contributed by atoms with E-state index in [1.165, 1.54) is 5.56 Å². The quantitative estimate of drug-likeness (QED) is 0.0713. The fraction of sp³-hybridized carbons (Fsp3) is 0.400. The van der Waals surface area contributed by atoms with Crippen molar-refractivity contribution in [2.24, 2.45) is 0 Å². The number of rotatable bonds is 18. The van der Waals surface area contributed by atoms with Crippen LogP contribution in [0, 0.1) is 0 Å². The molecule has 0 saturated carbocycles. The van der Waals surface area contributed by atoms with Gasteiger partial charge in [0.15, 0.2) is 0 Å². The van der Waals surface area contributed by atoms with Crippen LogP contribution < -0.4 is 20.7 Å². The van der Waals surface area contributed by atoms with Crippen LogP contribution in [0.5, 0.6) is 17.4 Å². The van der Waals surface area contributed by atoms with Gasteiger partial charge in [-0.15, -0.1) is 0 Å². The van der Waals surface area contributed by atoms with Crippen molar-refractivity contribution in [3.05, 3.63) is 118 Å². The zero-order valence-electron chi connectivity index (χ0n) is 34.5. The van der Waals surface area contributed by atoms with E-state index < -0.39 is 0 Å². The predicted molar refractivity (Wildman–Crippen MR) is 232 cm³/mol. The number of fused-ring (bicyclic) bond motifs is 1. The Balaban J connectivity index is 1.23. The van der Waals surface area contributed by atoms with Crippen LogP contribution in [0.1, 0.15) is 56.0 Å². The number of aromatic nitrogens is 1. The molecule has 0 aliphatic heterocycles. The molecule has 4 amide bonds. The first-order valence-corrected chi connectivity index (χ1v) is 20.6. The minimum absolute atomic E-state index is 0.0190. The molecule has 5 aromatic rings. The highest BCUT2D eigenvalue weighted by Crippen LogP contribution is 2.33. The van der Waals surface area contributed by atoms with Crippen molar-refractivity contribution in [2.75, 3.05) is 41.3 Å². The number of aromatic hydroxyl groups is 1. The van der Waals surface area contributed by atoms with E-state index in [1.807, 2.05) is 115 Å². The first kappa shape index (κ1) is 43.0. The van der Waals surface area contributed by atoms with Gasteiger partial charge in [0, 0.05) is 54.9 Å². The number of nitrogens with zero attached hydrogens (tertiary/aromatic N) is 4. The van der Waals surface area contributed by atoms with Crippen LogP contribution in [0.4, 0.5) is 9.59 Å². The summed E-state index contributed by atoms with van der Waals surface area (Å²) in [6.07, 6.45) is 3.98. The molecule has 0 unspecified atom stereocenters. The van der Waals surface area contributed by atoms with Crippen molar-refractivity contribution in [1.82, 2.24) is 35.6 Å². The Labute approximate surface area is 342 Å². The maximum Gasteiger partial charge on any atom is 0.318 e. The van der Waals surface area contributed by atoms with Crippen LogP contribution in [0.25, 0.3) is 10.8 Å². The number of pyridine rings is 1. The number of phenols is 1. The van der Waals surface area contributed by atoms with Gasteiger partial charge in [-0.2, -0.15) is 11.3 Å². The molecule has 304 valence electrons. The zero-order chi connectivity index (χ0) is 41.1. The van der Waals surface area contributed by atoms with E-state index in [4.69, 9.17) is 4.74 Å². The molecule has 0 radical (unpaired) electrons. The summed E-state index contributed by atoms with van der Waals surface area (Å²) in [5, 5.41) is 25.2. The molecule has 3 aromatic carbocycles. The molecule has 0 aliphatic rings. The fourth-order valence-corrected chi connectivity index (χ4v) is 7.62. The van der Waals surface area contributed by atoms with Gasteiger partial charge < -0.3 is 40.5 Å². The Morgan fingerprint density at radius 1 is 0.789 bits per heavy atom. The number of thiophene rings is 1. The van der Waals surface area contributed by atoms with Crippen LogP contribution in [0.15, 0.2) is 95.8 Å².